The van der Waals surface area contributed by atoms with Gasteiger partial charge in [-0.05, 0) is 6.04 Å². The van der Waals surface area contributed by atoms with Gasteiger partial charge in [-0.1, -0.05) is 0 Å². The Morgan fingerprint density at radius 1 is 0.277 bits per heavy atom. The van der Waals surface area contributed by atoms with Crippen molar-refractivity contribution in [3.05, 3.63) is 0 Å². The van der Waals surface area contributed by atoms with Gasteiger partial charge in [0.1, 0.15) is 0 Å². The van der Waals surface area contributed by atoms with Gasteiger partial charge in [0, 0.05) is 6.42 Å². The Morgan fingerprint density at radius 3 is 0.617 bits per heavy atom. The van der Waals surface area contributed by atoms with Gasteiger partial charge in [-0.15, -0.1) is 0 Å². The van der Waals surface area contributed by atoms with E-state index in [9.17, 15) is 132 Å². The predicted octanol–water partition coefficient (Wildman–Crippen LogP) is 9.13. The fourth-order valence-corrected chi connectivity index (χ4v) is 3.42. The smallest absolute Gasteiger partial charge is 0.306 e. The number of halogens is 29. The summed E-state index contributed by atoms with van der Waals surface area (Å²) in [7, 11) is -3.22. The van der Waals surface area contributed by atoms with Crippen LogP contribution in [0.5, 0.6) is 0 Å². The molecule has 0 rings (SSSR count). The van der Waals surface area contributed by atoms with Gasteiger partial charge in [-0.25, -0.2) is 0 Å². The molecule has 0 aliphatic carbocycles. The van der Waals surface area contributed by atoms with Crippen LogP contribution in [0.25, 0.3) is 0 Å². The molecule has 0 unspecified atom stereocenters. The molecule has 0 aromatic carbocycles. The van der Waals surface area contributed by atoms with E-state index in [1.807, 2.05) is 0 Å². The third kappa shape index (κ3) is 5.43. The van der Waals surface area contributed by atoms with Crippen LogP contribution in [0, 0.1) is 0 Å². The minimum absolute atomic E-state index is 1.86. The van der Waals surface area contributed by atoms with Gasteiger partial charge in [-0.3, -0.25) is 0 Å². The molecule has 0 N–H and O–H groups in total. The van der Waals surface area contributed by atoms with Crippen molar-refractivity contribution < 1.29 is 132 Å². The van der Waals surface area contributed by atoms with E-state index in [4.69, 9.17) is 0 Å². The molecule has 0 atom stereocenters. The molecule has 0 saturated carbocycles. The largest absolute Gasteiger partial charge is 0.460 e. The Kier molecular flexibility index (Phi) is 10.9. The Balaban J connectivity index is 7.50. The van der Waals surface area contributed by atoms with Crippen LogP contribution in [-0.2, 0) is 4.80 Å². The highest BCUT2D eigenvalue weighted by Crippen LogP contribution is 2.69. The van der Waals surface area contributed by atoms with E-state index in [1.54, 1.807) is 0 Å². The molecule has 47 heavy (non-hydrogen) atoms. The molecular formula is C16H6F29OSi. The van der Waals surface area contributed by atoms with Crippen LogP contribution in [0.15, 0.2) is 0 Å². The minimum Gasteiger partial charge on any atom is -0.306 e. The van der Waals surface area contributed by atoms with E-state index < -0.39 is 105 Å². The van der Waals surface area contributed by atoms with Crippen molar-refractivity contribution in [2.75, 3.05) is 0 Å². The summed E-state index contributed by atoms with van der Waals surface area (Å²) >= 11 is 0. The fraction of sp³-hybridized carbons (Fsp3) is 1.00. The number of hydrogen-bond donors (Lipinski definition) is 0. The Labute approximate surface area is 239 Å². The monoisotopic (exact) mass is 793 g/mol. The van der Waals surface area contributed by atoms with Gasteiger partial charge >= 0.3 is 83.2 Å². The highest BCUT2D eigenvalue weighted by Gasteiger charge is 3.00. The molecule has 0 amide bonds. The maximum Gasteiger partial charge on any atom is 0.460 e. The Bertz CT molecular complexity index is 1120. The van der Waals surface area contributed by atoms with E-state index in [0.29, 0.717) is 0 Å². The first kappa shape index (κ1) is 45.1. The van der Waals surface area contributed by atoms with E-state index in [1.165, 1.54) is 0 Å². The SMILES string of the molecule is [O][SiH2]CCC(F)(F)C(F)(F)C(F)(F)C(F)(F)C(F)(F)C(F)(F)C(F)(F)C(F)(F)C(F)(F)C(F)(F)C(F)(F)C(F)(F)C(F)(F)C(F)(F)F. The number of rotatable bonds is 15. The maximum atomic E-state index is 13.7. The van der Waals surface area contributed by atoms with Crippen molar-refractivity contribution in [3.63, 3.8) is 0 Å². The van der Waals surface area contributed by atoms with Crippen molar-refractivity contribution in [1.82, 2.24) is 0 Å². The normalized spacial score (nSPS) is 17.2. The average Bonchev–Trinajstić information content (AvgIpc) is 2.85. The zero-order valence-corrected chi connectivity index (χ0v) is 21.9. The van der Waals surface area contributed by atoms with Crippen molar-refractivity contribution in [2.24, 2.45) is 0 Å². The van der Waals surface area contributed by atoms with E-state index >= 15 is 0 Å². The molecule has 0 aromatic rings. The lowest BCUT2D eigenvalue weighted by Crippen LogP contribution is -2.79. The van der Waals surface area contributed by atoms with Crippen molar-refractivity contribution in [1.29, 1.82) is 0 Å². The van der Waals surface area contributed by atoms with E-state index in [2.05, 4.69) is 0 Å². The molecule has 1 nitrogen and oxygen atoms in total. The highest BCUT2D eigenvalue weighted by atomic mass is 28.2. The van der Waals surface area contributed by atoms with Crippen LogP contribution in [0.1, 0.15) is 6.42 Å². The standard InChI is InChI=1S/C16H6F29OSi/c17-3(18,1-2-47-46)4(19,20)5(21,22)6(23,24)7(25,26)8(27,28)9(29,30)10(31,32)11(33,34)12(35,36)13(37,38)14(39,40)15(41,42)16(43,44)45/h1-2,47H2. The molecule has 283 valence electrons. The quantitative estimate of drug-likeness (QED) is 0.117. The molecule has 31 heteroatoms. The van der Waals surface area contributed by atoms with E-state index in [0.717, 1.165) is 0 Å². The lowest BCUT2D eigenvalue weighted by molar-refractivity contribution is -0.487. The Hall–Kier alpha value is -1.85. The van der Waals surface area contributed by atoms with Gasteiger partial charge in [-0.2, -0.15) is 127 Å². The summed E-state index contributed by atoms with van der Waals surface area (Å²) in [6.45, 7) is 0. The van der Waals surface area contributed by atoms with Crippen LogP contribution in [0.4, 0.5) is 127 Å². The summed E-state index contributed by atoms with van der Waals surface area (Å²) in [6.07, 6.45) is -11.3. The topological polar surface area (TPSA) is 19.9 Å². The van der Waals surface area contributed by atoms with Crippen molar-refractivity contribution in [3.8, 4) is 0 Å². The van der Waals surface area contributed by atoms with Gasteiger partial charge in [0.15, 0.2) is 0 Å². The van der Waals surface area contributed by atoms with Crippen LogP contribution < -0.4 is 0 Å². The molecule has 0 saturated heterocycles. The van der Waals surface area contributed by atoms with E-state index in [-0.39, 0.29) is 0 Å². The van der Waals surface area contributed by atoms with Crippen molar-refractivity contribution in [2.45, 2.75) is 95.6 Å². The highest BCUT2D eigenvalue weighted by molar-refractivity contribution is 6.24. The zero-order valence-electron chi connectivity index (χ0n) is 20.5. The number of alkyl halides is 29. The van der Waals surface area contributed by atoms with Crippen LogP contribution in [0.3, 0.4) is 0 Å². The first-order valence-electron chi connectivity index (χ1n) is 10.4. The minimum atomic E-state index is -9.93. The van der Waals surface area contributed by atoms with Gasteiger partial charge in [0.25, 0.3) is 0 Å². The average molecular weight is 793 g/mol. The zero-order chi connectivity index (χ0) is 39.1. The molecule has 0 aromatic heterocycles. The first-order valence-corrected chi connectivity index (χ1v) is 12.0. The van der Waals surface area contributed by atoms with Gasteiger partial charge in [0.2, 0.25) is 9.76 Å². The summed E-state index contributed by atoms with van der Waals surface area (Å²) in [5.41, 5.74) is 0. The number of hydrogen-bond acceptors (Lipinski definition) is 0. The third-order valence-corrected chi connectivity index (χ3v) is 6.43. The molecule has 0 bridgehead atoms. The molecule has 0 spiro atoms. The third-order valence-electron chi connectivity index (χ3n) is 5.79. The van der Waals surface area contributed by atoms with Crippen molar-refractivity contribution >= 4 is 9.76 Å². The lowest BCUT2D eigenvalue weighted by atomic mass is 9.83. The maximum absolute atomic E-state index is 13.7. The molecule has 1 radical (unpaired) electrons. The second-order valence-corrected chi connectivity index (χ2v) is 10.0. The van der Waals surface area contributed by atoms with Gasteiger partial charge in [0.05, 0.1) is 0 Å². The van der Waals surface area contributed by atoms with Crippen LogP contribution >= 0.6 is 0 Å². The molecule has 0 fully saturated rings. The van der Waals surface area contributed by atoms with Crippen LogP contribution in [0.2, 0.25) is 6.04 Å². The van der Waals surface area contributed by atoms with Crippen LogP contribution in [-0.4, -0.2) is 92.9 Å². The Morgan fingerprint density at radius 2 is 0.447 bits per heavy atom. The molecule has 0 aliphatic rings. The summed E-state index contributed by atoms with van der Waals surface area (Å²) in [4.78, 5) is 10.2. The lowest BCUT2D eigenvalue weighted by Gasteiger charge is -2.46. The summed E-state index contributed by atoms with van der Waals surface area (Å²) < 4.78 is 387. The fourth-order valence-electron chi connectivity index (χ4n) is 2.83. The second kappa shape index (κ2) is 11.3. The summed E-state index contributed by atoms with van der Waals surface area (Å²) in [6, 6.07) is -1.86. The molecular weight excluding hydrogens is 787 g/mol. The predicted molar refractivity (Wildman–Crippen MR) is 89.0 cm³/mol. The first-order chi connectivity index (χ1) is 19.8. The summed E-state index contributed by atoms with van der Waals surface area (Å²) in [5, 5.41) is 0. The molecule has 0 heterocycles. The van der Waals surface area contributed by atoms with Gasteiger partial charge < -0.3 is 4.80 Å². The molecule has 0 aliphatic heterocycles. The summed E-state index contributed by atoms with van der Waals surface area (Å²) in [5.74, 6) is -120. The second-order valence-electron chi connectivity index (χ2n) is 8.90.